The highest BCUT2D eigenvalue weighted by Crippen LogP contribution is 2.29. The number of hydrogen-bond donors (Lipinski definition) is 1. The van der Waals surface area contributed by atoms with Crippen LogP contribution in [0.5, 0.6) is 0 Å². The van der Waals surface area contributed by atoms with Gasteiger partial charge in [-0.05, 0) is 36.2 Å². The molecule has 0 spiro atoms. The average molecular weight is 420 g/mol. The van der Waals surface area contributed by atoms with Gasteiger partial charge in [0, 0.05) is 23.2 Å². The Morgan fingerprint density at radius 1 is 1.13 bits per heavy atom. The number of amides is 1. The fraction of sp³-hybridized carbons (Fsp3) is 0.174. The number of rotatable bonds is 6. The van der Waals surface area contributed by atoms with Gasteiger partial charge in [-0.25, -0.2) is 9.78 Å². The van der Waals surface area contributed by atoms with Crippen LogP contribution in [0.4, 0.5) is 10.8 Å². The summed E-state index contributed by atoms with van der Waals surface area (Å²) < 4.78 is 5.40. The number of esters is 1. The Hall–Kier alpha value is -3.45. The van der Waals surface area contributed by atoms with E-state index in [9.17, 15) is 9.59 Å². The Labute approximate surface area is 178 Å². The van der Waals surface area contributed by atoms with Gasteiger partial charge in [0.15, 0.2) is 5.13 Å². The monoisotopic (exact) mass is 419 g/mol. The zero-order chi connectivity index (χ0) is 21.1. The highest BCUT2D eigenvalue weighted by molar-refractivity contribution is 7.14. The summed E-state index contributed by atoms with van der Waals surface area (Å²) >= 11 is 1.34. The number of nitrogens with one attached hydrogen (secondary N) is 1. The third-order valence-corrected chi connectivity index (χ3v) is 5.62. The maximum absolute atomic E-state index is 12.4. The first-order valence-corrected chi connectivity index (χ1v) is 10.5. The number of carbonyl (C=O) groups is 2. The fourth-order valence-electron chi connectivity index (χ4n) is 3.17. The molecule has 7 heteroatoms. The van der Waals surface area contributed by atoms with E-state index >= 15 is 0 Å². The molecule has 1 N–H and O–H groups in total. The van der Waals surface area contributed by atoms with Gasteiger partial charge < -0.3 is 9.72 Å². The normalized spacial score (nSPS) is 10.9. The van der Waals surface area contributed by atoms with Crippen LogP contribution in [0.1, 0.15) is 35.6 Å². The second-order valence-corrected chi connectivity index (χ2v) is 7.68. The van der Waals surface area contributed by atoms with Gasteiger partial charge >= 0.3 is 5.97 Å². The highest BCUT2D eigenvalue weighted by atomic mass is 32.1. The Balaban J connectivity index is 1.46. The number of para-hydroxylation sites is 1. The van der Waals surface area contributed by atoms with Gasteiger partial charge in [-0.1, -0.05) is 37.3 Å². The number of aryl methyl sites for hydroxylation is 1. The topological polar surface area (TPSA) is 75.3 Å². The standard InChI is InChI=1S/C23H21N3O3S/c1-3-16-8-10-19(11-9-16)26(15(2)27)23-24-18(14-30-23)13-29-22(28)21-12-17-6-4-5-7-20(17)25-21/h4-12,14,25H,3,13H2,1-2H3. The number of ether oxygens (including phenoxy) is 1. The number of anilines is 2. The van der Waals surface area contributed by atoms with Crippen molar-refractivity contribution in [1.29, 1.82) is 0 Å². The Bertz CT molecular complexity index is 1160. The molecule has 0 saturated carbocycles. The molecule has 0 unspecified atom stereocenters. The highest BCUT2D eigenvalue weighted by Gasteiger charge is 2.19. The maximum Gasteiger partial charge on any atom is 0.355 e. The van der Waals surface area contributed by atoms with Gasteiger partial charge in [-0.15, -0.1) is 11.3 Å². The first-order chi connectivity index (χ1) is 14.5. The number of benzene rings is 2. The first-order valence-electron chi connectivity index (χ1n) is 9.64. The van der Waals surface area contributed by atoms with Crippen molar-refractivity contribution in [1.82, 2.24) is 9.97 Å². The molecule has 4 rings (SSSR count). The van der Waals surface area contributed by atoms with Crippen LogP contribution in [0.3, 0.4) is 0 Å². The van der Waals surface area contributed by atoms with E-state index in [0.717, 1.165) is 23.0 Å². The average Bonchev–Trinajstić information content (AvgIpc) is 3.39. The Kier molecular flexibility index (Phi) is 5.63. The van der Waals surface area contributed by atoms with Gasteiger partial charge in [-0.2, -0.15) is 0 Å². The van der Waals surface area contributed by atoms with E-state index in [2.05, 4.69) is 16.9 Å². The molecule has 0 aliphatic carbocycles. The molecule has 0 radical (unpaired) electrons. The van der Waals surface area contributed by atoms with E-state index in [4.69, 9.17) is 4.74 Å². The molecule has 0 bridgehead atoms. The minimum Gasteiger partial charge on any atom is -0.454 e. The van der Waals surface area contributed by atoms with Crippen LogP contribution in [0.2, 0.25) is 0 Å². The summed E-state index contributed by atoms with van der Waals surface area (Å²) in [5.41, 5.74) is 3.83. The number of nitrogens with zero attached hydrogens (tertiary/aromatic N) is 2. The number of carbonyl (C=O) groups excluding carboxylic acids is 2. The van der Waals surface area contributed by atoms with Crippen molar-refractivity contribution < 1.29 is 14.3 Å². The lowest BCUT2D eigenvalue weighted by Crippen LogP contribution is -2.22. The van der Waals surface area contributed by atoms with Crippen LogP contribution in [0.25, 0.3) is 10.9 Å². The molecule has 6 nitrogen and oxygen atoms in total. The smallest absolute Gasteiger partial charge is 0.355 e. The lowest BCUT2D eigenvalue weighted by atomic mass is 10.1. The fourth-order valence-corrected chi connectivity index (χ4v) is 4.05. The predicted octanol–water partition coefficient (Wildman–Crippen LogP) is 5.23. The molecule has 30 heavy (non-hydrogen) atoms. The molecule has 2 heterocycles. The molecular weight excluding hydrogens is 398 g/mol. The van der Waals surface area contributed by atoms with Crippen molar-refractivity contribution in [3.8, 4) is 0 Å². The number of aromatic amines is 1. The summed E-state index contributed by atoms with van der Waals surface area (Å²) in [5.74, 6) is -0.574. The minimum atomic E-state index is -0.445. The summed E-state index contributed by atoms with van der Waals surface area (Å²) in [4.78, 5) is 33.7. The molecule has 1 amide bonds. The third kappa shape index (κ3) is 4.11. The Morgan fingerprint density at radius 3 is 2.60 bits per heavy atom. The van der Waals surface area contributed by atoms with Crippen molar-refractivity contribution in [2.75, 3.05) is 4.90 Å². The summed E-state index contributed by atoms with van der Waals surface area (Å²) in [6.45, 7) is 3.62. The van der Waals surface area contributed by atoms with E-state index in [1.807, 2.05) is 48.5 Å². The van der Waals surface area contributed by atoms with E-state index in [1.54, 1.807) is 16.3 Å². The van der Waals surface area contributed by atoms with Crippen molar-refractivity contribution in [2.45, 2.75) is 26.9 Å². The zero-order valence-corrected chi connectivity index (χ0v) is 17.5. The van der Waals surface area contributed by atoms with Crippen LogP contribution < -0.4 is 4.90 Å². The van der Waals surface area contributed by atoms with Crippen LogP contribution in [-0.2, 0) is 22.6 Å². The van der Waals surface area contributed by atoms with E-state index in [1.165, 1.54) is 23.8 Å². The van der Waals surface area contributed by atoms with Crippen LogP contribution in [0.15, 0.2) is 60.0 Å². The number of thiazole rings is 1. The van der Waals surface area contributed by atoms with Gasteiger partial charge in [0.25, 0.3) is 0 Å². The SMILES string of the molecule is CCc1ccc(N(C(C)=O)c2nc(COC(=O)c3cc4ccccc4[nH]3)cs2)cc1. The van der Waals surface area contributed by atoms with Gasteiger partial charge in [0.1, 0.15) is 12.3 Å². The second kappa shape index (κ2) is 8.51. The van der Waals surface area contributed by atoms with E-state index in [-0.39, 0.29) is 12.5 Å². The molecule has 4 aromatic rings. The van der Waals surface area contributed by atoms with Crippen molar-refractivity contribution in [3.05, 3.63) is 76.9 Å². The third-order valence-electron chi connectivity index (χ3n) is 4.75. The van der Waals surface area contributed by atoms with Crippen molar-refractivity contribution in [2.24, 2.45) is 0 Å². The summed E-state index contributed by atoms with van der Waals surface area (Å²) in [6, 6.07) is 17.3. The predicted molar refractivity (Wildman–Crippen MR) is 118 cm³/mol. The van der Waals surface area contributed by atoms with E-state index < -0.39 is 5.97 Å². The van der Waals surface area contributed by atoms with Gasteiger partial charge in [-0.3, -0.25) is 9.69 Å². The molecule has 0 atom stereocenters. The molecule has 2 aromatic heterocycles. The molecule has 0 aliphatic heterocycles. The molecule has 0 saturated heterocycles. The molecular formula is C23H21N3O3S. The van der Waals surface area contributed by atoms with Crippen LogP contribution in [-0.4, -0.2) is 21.8 Å². The second-order valence-electron chi connectivity index (χ2n) is 6.84. The number of aromatic nitrogens is 2. The van der Waals surface area contributed by atoms with Gasteiger partial charge in [0.05, 0.1) is 11.4 Å². The molecule has 2 aromatic carbocycles. The number of H-pyrrole nitrogens is 1. The summed E-state index contributed by atoms with van der Waals surface area (Å²) in [5, 5.41) is 3.29. The van der Waals surface area contributed by atoms with Crippen molar-refractivity contribution in [3.63, 3.8) is 0 Å². The van der Waals surface area contributed by atoms with Gasteiger partial charge in [0.2, 0.25) is 5.91 Å². The number of fused-ring (bicyclic) bond motifs is 1. The summed E-state index contributed by atoms with van der Waals surface area (Å²) in [7, 11) is 0. The number of hydrogen-bond acceptors (Lipinski definition) is 5. The van der Waals surface area contributed by atoms with E-state index in [0.29, 0.717) is 16.5 Å². The summed E-state index contributed by atoms with van der Waals surface area (Å²) in [6.07, 6.45) is 0.934. The largest absolute Gasteiger partial charge is 0.454 e. The minimum absolute atomic E-state index is 0.0330. The van der Waals surface area contributed by atoms with Crippen LogP contribution >= 0.6 is 11.3 Å². The maximum atomic E-state index is 12.4. The quantitative estimate of drug-likeness (QED) is 0.434. The van der Waals surface area contributed by atoms with Crippen molar-refractivity contribution >= 4 is 44.9 Å². The lowest BCUT2D eigenvalue weighted by Gasteiger charge is -2.18. The molecule has 152 valence electrons. The Morgan fingerprint density at radius 2 is 1.90 bits per heavy atom. The van der Waals surface area contributed by atoms with Crippen LogP contribution in [0, 0.1) is 0 Å². The molecule has 0 fully saturated rings. The lowest BCUT2D eigenvalue weighted by molar-refractivity contribution is -0.115. The zero-order valence-electron chi connectivity index (χ0n) is 16.7. The first kappa shape index (κ1) is 19.8. The molecule has 0 aliphatic rings.